The summed E-state index contributed by atoms with van der Waals surface area (Å²) in [4.78, 5) is 7.25. The largest absolute Gasteiger partial charge is 0.396 e. The number of rotatable bonds is 6. The second kappa shape index (κ2) is 8.21. The summed E-state index contributed by atoms with van der Waals surface area (Å²) in [5.74, 6) is 0.885. The van der Waals surface area contributed by atoms with E-state index in [-0.39, 0.29) is 17.4 Å². The number of aliphatic hydroxyl groups is 1. The van der Waals surface area contributed by atoms with Crippen molar-refractivity contribution in [3.8, 4) is 11.3 Å². The molecule has 2 aromatic rings. The second-order valence-corrected chi connectivity index (χ2v) is 10.2. The molecule has 4 rings (SSSR count). The Hall–Kier alpha value is -2.09. The van der Waals surface area contributed by atoms with Gasteiger partial charge >= 0.3 is 0 Å². The number of aliphatic hydroxyl groups excluding tert-OH is 1. The van der Waals surface area contributed by atoms with Crippen LogP contribution in [0.2, 0.25) is 0 Å². The standard InChI is InChI=1S/C26H35N3O/c1-25(2)12-13-26(3,4)22-17-19(9-10-21(22)25)23-7-5-8-24(28-23)29-15-11-20(18-29)27-14-6-16-30/h7,9-10,17,20,27,30H,6,11-16,18H2,1-4H3. The maximum Gasteiger partial charge on any atom is 0.182 e. The van der Waals surface area contributed by atoms with Gasteiger partial charge in [-0.25, -0.2) is 4.98 Å². The Labute approximate surface area is 181 Å². The molecule has 1 aliphatic heterocycles. The summed E-state index contributed by atoms with van der Waals surface area (Å²) in [6.07, 6.45) is 4.33. The molecular formula is C26H35N3O. The first-order valence-corrected chi connectivity index (χ1v) is 11.4. The molecule has 1 aromatic carbocycles. The van der Waals surface area contributed by atoms with Crippen LogP contribution in [0.4, 0.5) is 5.82 Å². The van der Waals surface area contributed by atoms with Crippen LogP contribution in [0.3, 0.4) is 0 Å². The van der Waals surface area contributed by atoms with Gasteiger partial charge in [0.2, 0.25) is 0 Å². The zero-order chi connectivity index (χ0) is 21.4. The van der Waals surface area contributed by atoms with Crippen LogP contribution in [0.5, 0.6) is 0 Å². The molecule has 2 N–H and O–H groups in total. The van der Waals surface area contributed by atoms with Gasteiger partial charge in [0.15, 0.2) is 5.82 Å². The van der Waals surface area contributed by atoms with Gasteiger partial charge in [-0.2, -0.15) is 0 Å². The fourth-order valence-corrected chi connectivity index (χ4v) is 4.89. The highest BCUT2D eigenvalue weighted by molar-refractivity contribution is 5.64. The molecule has 0 saturated carbocycles. The topological polar surface area (TPSA) is 48.4 Å². The highest BCUT2D eigenvalue weighted by Crippen LogP contribution is 2.46. The Morgan fingerprint density at radius 1 is 1.17 bits per heavy atom. The molecule has 0 spiro atoms. The van der Waals surface area contributed by atoms with Crippen molar-refractivity contribution in [3.63, 3.8) is 0 Å². The van der Waals surface area contributed by atoms with Crippen molar-refractivity contribution in [2.45, 2.75) is 70.3 Å². The van der Waals surface area contributed by atoms with Crippen molar-refractivity contribution in [2.24, 2.45) is 0 Å². The summed E-state index contributed by atoms with van der Waals surface area (Å²) >= 11 is 0. The third-order valence-corrected chi connectivity index (χ3v) is 7.02. The van der Waals surface area contributed by atoms with Gasteiger partial charge in [0.25, 0.3) is 0 Å². The van der Waals surface area contributed by atoms with Gasteiger partial charge in [-0.15, -0.1) is 0 Å². The molecule has 0 bridgehead atoms. The third kappa shape index (κ3) is 4.19. The summed E-state index contributed by atoms with van der Waals surface area (Å²) in [5, 5.41) is 12.5. The first kappa shape index (κ1) is 21.2. The van der Waals surface area contributed by atoms with Crippen molar-refractivity contribution in [1.82, 2.24) is 10.3 Å². The SMILES string of the molecule is CC1(C)CCC(C)(C)c2cc(-c3cc#cc(N4CCC(NCCCO)C4)n3)ccc21. The molecule has 2 aliphatic rings. The molecule has 1 unspecified atom stereocenters. The fourth-order valence-electron chi connectivity index (χ4n) is 4.89. The van der Waals surface area contributed by atoms with E-state index in [1.54, 1.807) is 0 Å². The quantitative estimate of drug-likeness (QED) is 0.706. The maximum absolute atomic E-state index is 8.97. The smallest absolute Gasteiger partial charge is 0.182 e. The molecule has 4 heteroatoms. The third-order valence-electron chi connectivity index (χ3n) is 7.02. The minimum Gasteiger partial charge on any atom is -0.396 e. The Balaban J connectivity index is 1.57. The van der Waals surface area contributed by atoms with Gasteiger partial charge in [-0.3, -0.25) is 0 Å². The normalized spacial score (nSPS) is 21.9. The molecule has 4 nitrogen and oxygen atoms in total. The first-order chi connectivity index (χ1) is 14.3. The number of aromatic nitrogens is 1. The molecule has 0 radical (unpaired) electrons. The van der Waals surface area contributed by atoms with E-state index in [1.807, 2.05) is 6.07 Å². The van der Waals surface area contributed by atoms with Crippen LogP contribution in [0.15, 0.2) is 24.3 Å². The van der Waals surface area contributed by atoms with Crippen molar-refractivity contribution in [1.29, 1.82) is 0 Å². The van der Waals surface area contributed by atoms with E-state index in [1.165, 1.54) is 29.5 Å². The lowest BCUT2D eigenvalue weighted by Gasteiger charge is -2.42. The van der Waals surface area contributed by atoms with Crippen molar-refractivity contribution < 1.29 is 5.11 Å². The van der Waals surface area contributed by atoms with Crippen LogP contribution < -0.4 is 10.2 Å². The Morgan fingerprint density at radius 3 is 2.70 bits per heavy atom. The first-order valence-electron chi connectivity index (χ1n) is 11.4. The van der Waals surface area contributed by atoms with E-state index in [0.29, 0.717) is 6.04 Å². The van der Waals surface area contributed by atoms with E-state index >= 15 is 0 Å². The average molecular weight is 406 g/mol. The average Bonchev–Trinajstić information content (AvgIpc) is 3.21. The number of anilines is 1. The zero-order valence-electron chi connectivity index (χ0n) is 18.9. The maximum atomic E-state index is 8.97. The number of nitrogens with one attached hydrogen (secondary N) is 1. The fraction of sp³-hybridized carbons (Fsp3) is 0.577. The predicted octanol–water partition coefficient (Wildman–Crippen LogP) is 4.25. The molecular weight excluding hydrogens is 370 g/mol. The van der Waals surface area contributed by atoms with Crippen LogP contribution >= 0.6 is 0 Å². The lowest BCUT2D eigenvalue weighted by Crippen LogP contribution is -2.33. The Bertz CT molecular complexity index is 890. The molecule has 1 atom stereocenters. The van der Waals surface area contributed by atoms with E-state index in [4.69, 9.17) is 10.1 Å². The Morgan fingerprint density at radius 2 is 1.93 bits per heavy atom. The molecule has 1 aromatic heterocycles. The van der Waals surface area contributed by atoms with E-state index in [9.17, 15) is 0 Å². The monoisotopic (exact) mass is 405 g/mol. The summed E-state index contributed by atoms with van der Waals surface area (Å²) < 4.78 is 0. The molecule has 1 fully saturated rings. The number of benzene rings is 1. The van der Waals surface area contributed by atoms with Crippen molar-refractivity contribution in [3.05, 3.63) is 47.5 Å². The highest BCUT2D eigenvalue weighted by atomic mass is 16.3. The number of nitrogens with zero attached hydrogens (tertiary/aromatic N) is 2. The van der Waals surface area contributed by atoms with Crippen molar-refractivity contribution in [2.75, 3.05) is 31.1 Å². The van der Waals surface area contributed by atoms with Gasteiger partial charge in [-0.05, 0) is 66.3 Å². The lowest BCUT2D eigenvalue weighted by molar-refractivity contribution is 0.284. The van der Waals surface area contributed by atoms with Crippen LogP contribution in [0, 0.1) is 12.1 Å². The summed E-state index contributed by atoms with van der Waals surface area (Å²) in [7, 11) is 0. The number of hydrogen-bond acceptors (Lipinski definition) is 4. The van der Waals surface area contributed by atoms with Crippen LogP contribution in [-0.4, -0.2) is 42.4 Å². The molecule has 1 aliphatic carbocycles. The minimum atomic E-state index is 0.191. The summed E-state index contributed by atoms with van der Waals surface area (Å²) in [5.41, 5.74) is 5.50. The molecule has 160 valence electrons. The summed E-state index contributed by atoms with van der Waals surface area (Å²) in [6, 6.07) is 15.7. The van der Waals surface area contributed by atoms with Gasteiger partial charge < -0.3 is 15.3 Å². The molecule has 1 saturated heterocycles. The van der Waals surface area contributed by atoms with E-state index in [2.05, 4.69) is 68.2 Å². The van der Waals surface area contributed by atoms with Crippen LogP contribution in [-0.2, 0) is 10.8 Å². The molecule has 2 heterocycles. The van der Waals surface area contributed by atoms with Gasteiger partial charge in [0, 0.05) is 37.4 Å². The van der Waals surface area contributed by atoms with Crippen LogP contribution in [0.25, 0.3) is 11.3 Å². The Kier molecular flexibility index (Phi) is 5.79. The van der Waals surface area contributed by atoms with Gasteiger partial charge in [0.05, 0.1) is 5.69 Å². The van der Waals surface area contributed by atoms with E-state index < -0.39 is 0 Å². The van der Waals surface area contributed by atoms with E-state index in [0.717, 1.165) is 44.0 Å². The zero-order valence-corrected chi connectivity index (χ0v) is 18.9. The number of fused-ring (bicyclic) bond motifs is 1. The minimum absolute atomic E-state index is 0.191. The lowest BCUT2D eigenvalue weighted by atomic mass is 9.63. The van der Waals surface area contributed by atoms with Gasteiger partial charge in [-0.1, -0.05) is 45.9 Å². The number of hydrogen-bond donors (Lipinski definition) is 2. The predicted molar refractivity (Wildman–Crippen MR) is 123 cm³/mol. The van der Waals surface area contributed by atoms with Crippen LogP contribution in [0.1, 0.15) is 64.5 Å². The van der Waals surface area contributed by atoms with Crippen molar-refractivity contribution >= 4 is 5.82 Å². The summed E-state index contributed by atoms with van der Waals surface area (Å²) in [6.45, 7) is 12.5. The highest BCUT2D eigenvalue weighted by Gasteiger charge is 2.37. The second-order valence-electron chi connectivity index (χ2n) is 10.2. The molecule has 30 heavy (non-hydrogen) atoms. The molecule has 0 amide bonds. The van der Waals surface area contributed by atoms with Gasteiger partial charge in [0.1, 0.15) is 0 Å².